The lowest BCUT2D eigenvalue weighted by Crippen LogP contribution is -2.14. The Bertz CT molecular complexity index is 1410. The molecule has 1 aliphatic carbocycles. The molecule has 0 radical (unpaired) electrons. The zero-order valence-corrected chi connectivity index (χ0v) is 21.6. The van der Waals surface area contributed by atoms with Crippen LogP contribution in [0.3, 0.4) is 0 Å². The van der Waals surface area contributed by atoms with Crippen LogP contribution in [0.25, 0.3) is 11.1 Å². The van der Waals surface area contributed by atoms with Crippen molar-refractivity contribution < 1.29 is 23.1 Å². The number of anilines is 1. The Morgan fingerprint density at radius 3 is 2.68 bits per heavy atom. The van der Waals surface area contributed by atoms with Crippen LogP contribution in [0.5, 0.6) is 5.75 Å². The molecule has 4 rings (SSSR count). The standard InChI is InChI=1S/C24H21ClF2N6O3S/c1-12-7-14(12)23-31-32-24(37-23)30-22(34)17-10-29-20(33(35)6-4-5-13(2)25)9-15(17)16-8-18(21(26)27)28-11-19(16)36-3/h4-6,8-12,14,21H,7H2,1-3H3/p+1/b6-4-,13-5+. The van der Waals surface area contributed by atoms with Gasteiger partial charge >= 0.3 is 5.82 Å². The maximum absolute atomic E-state index is 13.5. The number of rotatable bonds is 9. The van der Waals surface area contributed by atoms with E-state index in [9.17, 15) is 18.5 Å². The van der Waals surface area contributed by atoms with Crippen LogP contribution in [-0.4, -0.2) is 37.9 Å². The Labute approximate surface area is 219 Å². The zero-order chi connectivity index (χ0) is 26.7. The summed E-state index contributed by atoms with van der Waals surface area (Å²) in [6.45, 7) is 3.76. The number of ether oxygens (including phenoxy) is 1. The summed E-state index contributed by atoms with van der Waals surface area (Å²) in [5, 5.41) is 12.5. The average Bonchev–Trinajstić information content (AvgIpc) is 3.42. The lowest BCUT2D eigenvalue weighted by Gasteiger charge is -2.12. The molecule has 1 amide bonds. The highest BCUT2D eigenvalue weighted by molar-refractivity contribution is 7.15. The van der Waals surface area contributed by atoms with E-state index in [4.69, 9.17) is 16.3 Å². The van der Waals surface area contributed by atoms with Gasteiger partial charge in [0.1, 0.15) is 22.7 Å². The van der Waals surface area contributed by atoms with Gasteiger partial charge in [-0.1, -0.05) is 34.8 Å². The SMILES string of the molecule is COc1cnc(C(F)F)cc1-c1cc([N+](=O)/C=C\C=C(/C)Cl)ncc1C(=O)Nc1nnc(C2CC2C)s1. The van der Waals surface area contributed by atoms with Crippen molar-refractivity contribution in [3.63, 3.8) is 0 Å². The summed E-state index contributed by atoms with van der Waals surface area (Å²) in [6.07, 6.45) is 4.59. The van der Waals surface area contributed by atoms with Gasteiger partial charge in [-0.3, -0.25) is 15.1 Å². The summed E-state index contributed by atoms with van der Waals surface area (Å²) in [5.41, 5.74) is -0.226. The number of methoxy groups -OCH3 is 1. The Balaban J connectivity index is 1.75. The van der Waals surface area contributed by atoms with Crippen molar-refractivity contribution in [3.05, 3.63) is 69.1 Å². The highest BCUT2D eigenvalue weighted by atomic mass is 35.5. The lowest BCUT2D eigenvalue weighted by atomic mass is 10.00. The van der Waals surface area contributed by atoms with E-state index < -0.39 is 18.0 Å². The first kappa shape index (κ1) is 26.4. The molecule has 0 saturated heterocycles. The lowest BCUT2D eigenvalue weighted by molar-refractivity contribution is -0.389. The van der Waals surface area contributed by atoms with E-state index in [2.05, 4.69) is 32.4 Å². The number of nitrogens with one attached hydrogen (secondary N) is 1. The summed E-state index contributed by atoms with van der Waals surface area (Å²) in [6, 6.07) is 2.43. The van der Waals surface area contributed by atoms with Crippen molar-refractivity contribution in [2.45, 2.75) is 32.6 Å². The Morgan fingerprint density at radius 1 is 1.27 bits per heavy atom. The molecule has 1 N–H and O–H groups in total. The predicted molar refractivity (Wildman–Crippen MR) is 135 cm³/mol. The Morgan fingerprint density at radius 2 is 2.03 bits per heavy atom. The predicted octanol–water partition coefficient (Wildman–Crippen LogP) is 6.38. The summed E-state index contributed by atoms with van der Waals surface area (Å²) < 4.78 is 32.7. The second-order valence-corrected chi connectivity index (χ2v) is 9.94. The largest absolute Gasteiger partial charge is 0.494 e. The van der Waals surface area contributed by atoms with Gasteiger partial charge in [0, 0.05) is 32.9 Å². The molecule has 2 atom stereocenters. The number of pyridine rings is 2. The van der Waals surface area contributed by atoms with E-state index in [0.717, 1.165) is 23.7 Å². The molecule has 2 unspecified atom stereocenters. The number of carbonyl (C=O) groups is 1. The van der Waals surface area contributed by atoms with Crippen LogP contribution >= 0.6 is 22.9 Å². The third-order valence-electron chi connectivity index (χ3n) is 5.62. The number of amides is 1. The highest BCUT2D eigenvalue weighted by Crippen LogP contribution is 2.48. The summed E-state index contributed by atoms with van der Waals surface area (Å²) in [4.78, 5) is 33.7. The molecule has 192 valence electrons. The van der Waals surface area contributed by atoms with Gasteiger partial charge in [0.05, 0.1) is 18.9 Å². The van der Waals surface area contributed by atoms with Crippen LogP contribution in [0.4, 0.5) is 19.7 Å². The molecule has 9 nitrogen and oxygen atoms in total. The maximum atomic E-state index is 13.5. The first-order chi connectivity index (χ1) is 17.7. The van der Waals surface area contributed by atoms with Gasteiger partial charge in [-0.25, -0.2) is 8.78 Å². The van der Waals surface area contributed by atoms with Gasteiger partial charge in [0.25, 0.3) is 12.3 Å². The molecule has 1 fully saturated rings. The fourth-order valence-corrected chi connectivity index (χ4v) is 4.57. The van der Waals surface area contributed by atoms with E-state index in [-0.39, 0.29) is 28.3 Å². The number of aromatic nitrogens is 4. The third kappa shape index (κ3) is 6.20. The van der Waals surface area contributed by atoms with Crippen LogP contribution < -0.4 is 10.1 Å². The number of nitrogens with zero attached hydrogens (tertiary/aromatic N) is 5. The molecule has 0 bridgehead atoms. The second-order valence-electron chi connectivity index (χ2n) is 8.34. The molecular formula is C24H22ClF2N6O3S+. The molecule has 0 aliphatic heterocycles. The molecule has 1 saturated carbocycles. The summed E-state index contributed by atoms with van der Waals surface area (Å²) in [7, 11) is 1.34. The molecule has 1 aliphatic rings. The number of carbonyl (C=O) groups excluding carboxylic acids is 1. The van der Waals surface area contributed by atoms with E-state index in [0.29, 0.717) is 26.8 Å². The Kier molecular flexibility index (Phi) is 7.98. The monoisotopic (exact) mass is 547 g/mol. The summed E-state index contributed by atoms with van der Waals surface area (Å²) in [5.74, 6) is 0.289. The minimum atomic E-state index is -2.86. The summed E-state index contributed by atoms with van der Waals surface area (Å²) >= 11 is 7.05. The van der Waals surface area contributed by atoms with Crippen molar-refractivity contribution in [3.8, 4) is 16.9 Å². The minimum absolute atomic E-state index is 0.0129. The van der Waals surface area contributed by atoms with Crippen LogP contribution in [0.2, 0.25) is 0 Å². The molecule has 3 aromatic heterocycles. The van der Waals surface area contributed by atoms with Crippen LogP contribution in [0.15, 0.2) is 47.9 Å². The van der Waals surface area contributed by atoms with Gasteiger partial charge in [-0.15, -0.1) is 10.2 Å². The van der Waals surface area contributed by atoms with Crippen molar-refractivity contribution >= 4 is 39.8 Å². The van der Waals surface area contributed by atoms with Gasteiger partial charge in [-0.2, -0.15) is 0 Å². The Hall–Kier alpha value is -3.64. The number of hydrogen-bond donors (Lipinski definition) is 1. The average molecular weight is 548 g/mol. The smallest absolute Gasteiger partial charge is 0.366 e. The number of halogens is 3. The quantitative estimate of drug-likeness (QED) is 0.244. The van der Waals surface area contributed by atoms with Gasteiger partial charge < -0.3 is 4.74 Å². The number of allylic oxidation sites excluding steroid dienone is 3. The fourth-order valence-electron chi connectivity index (χ4n) is 3.52. The molecular weight excluding hydrogens is 526 g/mol. The number of hydrogen-bond acceptors (Lipinski definition) is 8. The van der Waals surface area contributed by atoms with Crippen LogP contribution in [-0.2, 0) is 0 Å². The van der Waals surface area contributed by atoms with E-state index in [1.54, 1.807) is 6.92 Å². The van der Waals surface area contributed by atoms with Crippen molar-refractivity contribution in [2.75, 3.05) is 12.4 Å². The third-order valence-corrected chi connectivity index (χ3v) is 6.71. The zero-order valence-electron chi connectivity index (χ0n) is 20.0. The van der Waals surface area contributed by atoms with Gasteiger partial charge in [0.15, 0.2) is 6.20 Å². The molecule has 0 spiro atoms. The molecule has 0 aromatic carbocycles. The first-order valence-electron chi connectivity index (χ1n) is 11.1. The maximum Gasteiger partial charge on any atom is 0.366 e. The normalized spacial score (nSPS) is 17.3. The van der Waals surface area contributed by atoms with Gasteiger partial charge in [0.2, 0.25) is 5.13 Å². The molecule has 37 heavy (non-hydrogen) atoms. The molecule has 13 heteroatoms. The number of nitroso groups, excluding NO2 is 1. The highest BCUT2D eigenvalue weighted by Gasteiger charge is 2.37. The van der Waals surface area contributed by atoms with Crippen molar-refractivity contribution in [1.29, 1.82) is 0 Å². The van der Waals surface area contributed by atoms with Crippen molar-refractivity contribution in [1.82, 2.24) is 20.2 Å². The molecule has 3 heterocycles. The van der Waals surface area contributed by atoms with Crippen LogP contribution in [0.1, 0.15) is 53.7 Å². The van der Waals surface area contributed by atoms with E-state index in [1.807, 2.05) is 0 Å². The van der Waals surface area contributed by atoms with Crippen LogP contribution in [0, 0.1) is 10.8 Å². The topological polar surface area (TPSA) is 110 Å². The first-order valence-corrected chi connectivity index (χ1v) is 12.3. The fraction of sp³-hybridized carbons (Fsp3) is 0.292. The van der Waals surface area contributed by atoms with E-state index >= 15 is 0 Å². The van der Waals surface area contributed by atoms with Gasteiger partial charge in [-0.05, 0) is 42.5 Å². The minimum Gasteiger partial charge on any atom is -0.494 e. The second kappa shape index (κ2) is 11.2. The molecule has 3 aromatic rings. The van der Waals surface area contributed by atoms with Crippen molar-refractivity contribution in [2.24, 2.45) is 5.92 Å². The number of alkyl halides is 2. The van der Waals surface area contributed by atoms with E-state index in [1.165, 1.54) is 49.1 Å².